The second-order valence-electron chi connectivity index (χ2n) is 2.80. The Balaban J connectivity index is 3.59. The van der Waals surface area contributed by atoms with Crippen molar-refractivity contribution in [2.24, 2.45) is 0 Å². The third-order valence-corrected chi connectivity index (χ3v) is 2.67. The van der Waals surface area contributed by atoms with E-state index in [1.165, 1.54) is 0 Å². The Morgan fingerprint density at radius 2 is 2.14 bits per heavy atom. The summed E-state index contributed by atoms with van der Waals surface area (Å²) in [5.41, 5.74) is 0. The predicted octanol–water partition coefficient (Wildman–Crippen LogP) is 0.885. The number of carboxylic acid groups (broad SMARTS) is 1. The van der Waals surface area contributed by atoms with Crippen molar-refractivity contribution in [3.8, 4) is 0 Å². The fourth-order valence-corrected chi connectivity index (χ4v) is 1.08. The van der Waals surface area contributed by atoms with Crippen LogP contribution in [-0.2, 0) is 9.59 Å². The molecule has 1 atom stereocenters. The number of amides is 1. The normalized spacial score (nSPS) is 12.7. The van der Waals surface area contributed by atoms with Crippen molar-refractivity contribution < 1.29 is 14.7 Å². The molecular formula is C9H15NO3S. The highest BCUT2D eigenvalue weighted by atomic mass is 32.2. The van der Waals surface area contributed by atoms with Gasteiger partial charge >= 0.3 is 5.97 Å². The molecule has 0 aliphatic carbocycles. The van der Waals surface area contributed by atoms with Crippen molar-refractivity contribution in [2.75, 3.05) is 12.8 Å². The number of aliphatic carboxylic acids is 1. The minimum Gasteiger partial charge on any atom is -0.478 e. The van der Waals surface area contributed by atoms with Gasteiger partial charge in [-0.2, -0.15) is 11.8 Å². The molecule has 4 nitrogen and oxygen atoms in total. The van der Waals surface area contributed by atoms with Crippen LogP contribution in [0.25, 0.3) is 0 Å². The van der Waals surface area contributed by atoms with Gasteiger partial charge in [-0.3, -0.25) is 4.79 Å². The van der Waals surface area contributed by atoms with Crippen LogP contribution in [0.15, 0.2) is 12.2 Å². The maximum absolute atomic E-state index is 10.9. The van der Waals surface area contributed by atoms with E-state index in [9.17, 15) is 9.59 Å². The first-order valence-electron chi connectivity index (χ1n) is 4.28. The minimum absolute atomic E-state index is 0.360. The molecule has 2 N–H and O–H groups in total. The van der Waals surface area contributed by atoms with E-state index in [1.807, 2.05) is 6.26 Å². The van der Waals surface area contributed by atoms with Crippen molar-refractivity contribution in [1.82, 2.24) is 5.32 Å². The summed E-state index contributed by atoms with van der Waals surface area (Å²) in [6.07, 6.45) is 4.74. The van der Waals surface area contributed by atoms with Crippen molar-refractivity contribution in [2.45, 2.75) is 18.6 Å². The number of thioether (sulfide) groups is 1. The van der Waals surface area contributed by atoms with Gasteiger partial charge in [0, 0.05) is 23.9 Å². The van der Waals surface area contributed by atoms with Crippen LogP contribution in [0.3, 0.4) is 0 Å². The van der Waals surface area contributed by atoms with E-state index in [-0.39, 0.29) is 5.91 Å². The highest BCUT2D eigenvalue weighted by molar-refractivity contribution is 7.99. The molecule has 0 heterocycles. The molecule has 0 rings (SSSR count). The maximum atomic E-state index is 10.9. The molecule has 0 saturated heterocycles. The van der Waals surface area contributed by atoms with Crippen LogP contribution in [0.5, 0.6) is 0 Å². The van der Waals surface area contributed by atoms with Crippen molar-refractivity contribution in [3.05, 3.63) is 12.2 Å². The molecule has 0 aliphatic heterocycles. The first-order chi connectivity index (χ1) is 6.56. The molecule has 0 aromatic carbocycles. The van der Waals surface area contributed by atoms with E-state index < -0.39 is 5.97 Å². The summed E-state index contributed by atoms with van der Waals surface area (Å²) in [4.78, 5) is 21.0. The Labute approximate surface area is 87.8 Å². The third kappa shape index (κ3) is 7.67. The van der Waals surface area contributed by atoms with Gasteiger partial charge in [0.15, 0.2) is 0 Å². The molecule has 1 amide bonds. The van der Waals surface area contributed by atoms with Crippen LogP contribution in [0.4, 0.5) is 0 Å². The zero-order valence-electron chi connectivity index (χ0n) is 8.32. The summed E-state index contributed by atoms with van der Waals surface area (Å²) < 4.78 is 0. The van der Waals surface area contributed by atoms with Gasteiger partial charge in [0.05, 0.1) is 0 Å². The Morgan fingerprint density at radius 3 is 2.64 bits per heavy atom. The van der Waals surface area contributed by atoms with Crippen LogP contribution in [0, 0.1) is 0 Å². The average molecular weight is 217 g/mol. The van der Waals surface area contributed by atoms with Crippen molar-refractivity contribution in [1.29, 1.82) is 0 Å². The first kappa shape index (κ1) is 13.0. The molecule has 0 aromatic rings. The van der Waals surface area contributed by atoms with Crippen LogP contribution in [0.1, 0.15) is 13.3 Å². The lowest BCUT2D eigenvalue weighted by atomic mass is 10.3. The largest absolute Gasteiger partial charge is 0.478 e. The zero-order valence-corrected chi connectivity index (χ0v) is 9.13. The lowest BCUT2D eigenvalue weighted by Gasteiger charge is -2.07. The van der Waals surface area contributed by atoms with E-state index in [0.29, 0.717) is 11.8 Å². The molecule has 0 bridgehead atoms. The van der Waals surface area contributed by atoms with Gasteiger partial charge in [0.1, 0.15) is 0 Å². The van der Waals surface area contributed by atoms with Gasteiger partial charge in [0.25, 0.3) is 0 Å². The Kier molecular flexibility index (Phi) is 6.92. The highest BCUT2D eigenvalue weighted by Crippen LogP contribution is 2.07. The Hall–Kier alpha value is -0.970. The summed E-state index contributed by atoms with van der Waals surface area (Å²) in [5, 5.41) is 11.3. The third-order valence-electron chi connectivity index (χ3n) is 1.63. The van der Waals surface area contributed by atoms with E-state index in [0.717, 1.165) is 18.6 Å². The second kappa shape index (κ2) is 7.44. The topological polar surface area (TPSA) is 66.4 Å². The molecule has 14 heavy (non-hydrogen) atoms. The molecule has 0 radical (unpaired) electrons. The second-order valence-corrected chi connectivity index (χ2v) is 4.07. The van der Waals surface area contributed by atoms with Gasteiger partial charge in [-0.1, -0.05) is 6.92 Å². The van der Waals surface area contributed by atoms with Gasteiger partial charge in [-0.05, 0) is 12.7 Å². The van der Waals surface area contributed by atoms with Crippen LogP contribution < -0.4 is 5.32 Å². The lowest BCUT2D eigenvalue weighted by Crippen LogP contribution is -2.24. The summed E-state index contributed by atoms with van der Waals surface area (Å²) in [6.45, 7) is 2.65. The Morgan fingerprint density at radius 1 is 1.50 bits per heavy atom. The fraction of sp³-hybridized carbons (Fsp3) is 0.556. The summed E-state index contributed by atoms with van der Waals surface area (Å²) in [7, 11) is 0. The number of carbonyl (C=O) groups is 2. The Bertz CT molecular complexity index is 228. The number of carboxylic acids is 1. The zero-order chi connectivity index (χ0) is 11.0. The minimum atomic E-state index is -1.11. The molecular weight excluding hydrogens is 202 g/mol. The molecule has 0 aromatic heterocycles. The molecule has 80 valence electrons. The van der Waals surface area contributed by atoms with E-state index in [2.05, 4.69) is 12.2 Å². The van der Waals surface area contributed by atoms with Gasteiger partial charge in [0.2, 0.25) is 5.91 Å². The number of rotatable bonds is 6. The maximum Gasteiger partial charge on any atom is 0.328 e. The SMILES string of the molecule is CSC(C)CCNC(=O)/C=C/C(=O)O. The summed E-state index contributed by atoms with van der Waals surface area (Å²) >= 11 is 1.73. The molecule has 1 unspecified atom stereocenters. The fourth-order valence-electron chi connectivity index (χ4n) is 0.722. The monoisotopic (exact) mass is 217 g/mol. The standard InChI is InChI=1S/C9H15NO3S/c1-7(14-2)5-6-10-8(11)3-4-9(12)13/h3-4,7H,5-6H2,1-2H3,(H,10,11)(H,12,13)/b4-3+. The predicted molar refractivity (Wildman–Crippen MR) is 57.4 cm³/mol. The van der Waals surface area contributed by atoms with Crippen LogP contribution in [-0.4, -0.2) is 35.0 Å². The van der Waals surface area contributed by atoms with Crippen LogP contribution >= 0.6 is 11.8 Å². The van der Waals surface area contributed by atoms with E-state index in [1.54, 1.807) is 11.8 Å². The molecule has 0 fully saturated rings. The first-order valence-corrected chi connectivity index (χ1v) is 5.56. The molecule has 5 heteroatoms. The highest BCUT2D eigenvalue weighted by Gasteiger charge is 2.00. The number of nitrogens with one attached hydrogen (secondary N) is 1. The molecule has 0 spiro atoms. The molecule has 0 aliphatic rings. The number of hydrogen-bond acceptors (Lipinski definition) is 3. The van der Waals surface area contributed by atoms with E-state index >= 15 is 0 Å². The van der Waals surface area contributed by atoms with Gasteiger partial charge in [-0.15, -0.1) is 0 Å². The van der Waals surface area contributed by atoms with Crippen molar-refractivity contribution >= 4 is 23.6 Å². The van der Waals surface area contributed by atoms with Gasteiger partial charge < -0.3 is 10.4 Å². The summed E-state index contributed by atoms with van der Waals surface area (Å²) in [5.74, 6) is -1.47. The van der Waals surface area contributed by atoms with Gasteiger partial charge in [-0.25, -0.2) is 4.79 Å². The number of carbonyl (C=O) groups excluding carboxylic acids is 1. The number of hydrogen-bond donors (Lipinski definition) is 2. The lowest BCUT2D eigenvalue weighted by molar-refractivity contribution is -0.131. The molecule has 0 saturated carbocycles. The van der Waals surface area contributed by atoms with E-state index in [4.69, 9.17) is 5.11 Å². The smallest absolute Gasteiger partial charge is 0.328 e. The average Bonchev–Trinajstić information content (AvgIpc) is 2.14. The van der Waals surface area contributed by atoms with Crippen LogP contribution in [0.2, 0.25) is 0 Å². The summed E-state index contributed by atoms with van der Waals surface area (Å²) in [6, 6.07) is 0. The van der Waals surface area contributed by atoms with Crippen molar-refractivity contribution in [3.63, 3.8) is 0 Å². The quantitative estimate of drug-likeness (QED) is 0.648.